The van der Waals surface area contributed by atoms with Gasteiger partial charge in [-0.15, -0.1) is 11.3 Å². The monoisotopic (exact) mass is 296 g/mol. The Bertz CT molecular complexity index is 505. The Balaban J connectivity index is 2.52. The van der Waals surface area contributed by atoms with Crippen molar-refractivity contribution in [1.29, 1.82) is 5.26 Å². The molecule has 0 aliphatic carbocycles. The second-order valence-electron chi connectivity index (χ2n) is 4.77. The van der Waals surface area contributed by atoms with Crippen LogP contribution in [0.2, 0.25) is 0 Å². The largest absolute Gasteiger partial charge is 0.396 e. The number of carbonyl (C=O) groups excluding carboxylic acids is 1. The van der Waals surface area contributed by atoms with E-state index < -0.39 is 5.91 Å². The lowest BCUT2D eigenvalue weighted by molar-refractivity contribution is 0.100. The van der Waals surface area contributed by atoms with Crippen LogP contribution >= 0.6 is 11.3 Å². The zero-order valence-electron chi connectivity index (χ0n) is 11.7. The Kier molecular flexibility index (Phi) is 6.28. The molecule has 1 aromatic rings. The van der Waals surface area contributed by atoms with Crippen LogP contribution < -0.4 is 16.8 Å². The molecule has 0 spiro atoms. The number of amides is 1. The first-order valence-electron chi connectivity index (χ1n) is 6.41. The topological polar surface area (TPSA) is 114 Å². The summed E-state index contributed by atoms with van der Waals surface area (Å²) in [6.45, 7) is 6.19. The van der Waals surface area contributed by atoms with Crippen LogP contribution in [0.15, 0.2) is 0 Å². The van der Waals surface area contributed by atoms with E-state index in [9.17, 15) is 4.79 Å². The fourth-order valence-electron chi connectivity index (χ4n) is 1.59. The Morgan fingerprint density at radius 3 is 2.80 bits per heavy atom. The Morgan fingerprint density at radius 2 is 2.25 bits per heavy atom. The van der Waals surface area contributed by atoms with Crippen molar-refractivity contribution in [3.63, 3.8) is 0 Å². The second kappa shape index (κ2) is 7.72. The molecule has 0 fully saturated rings. The lowest BCUT2D eigenvalue weighted by atomic mass is 10.2. The molecule has 20 heavy (non-hydrogen) atoms. The quantitative estimate of drug-likeness (QED) is 0.633. The predicted molar refractivity (Wildman–Crippen MR) is 80.7 cm³/mol. The number of primary amides is 1. The number of nitrogens with two attached hydrogens (primary N) is 2. The molecule has 0 radical (unpaired) electrons. The van der Waals surface area contributed by atoms with Gasteiger partial charge >= 0.3 is 0 Å². The van der Waals surface area contributed by atoms with Crippen LogP contribution in [0.5, 0.6) is 0 Å². The van der Waals surface area contributed by atoms with Crippen molar-refractivity contribution in [3.8, 4) is 6.07 Å². The van der Waals surface area contributed by atoms with Crippen LogP contribution in [0.3, 0.4) is 0 Å². The summed E-state index contributed by atoms with van der Waals surface area (Å²) in [5.74, 6) is -0.112. The number of rotatable bonds is 8. The third-order valence-electron chi connectivity index (χ3n) is 2.50. The van der Waals surface area contributed by atoms with Crippen molar-refractivity contribution in [2.75, 3.05) is 30.8 Å². The molecule has 110 valence electrons. The number of nitriles is 1. The van der Waals surface area contributed by atoms with Crippen LogP contribution in [-0.4, -0.2) is 25.7 Å². The van der Waals surface area contributed by atoms with E-state index in [0.29, 0.717) is 28.9 Å². The van der Waals surface area contributed by atoms with Crippen LogP contribution in [0.4, 0.5) is 10.7 Å². The maximum Gasteiger partial charge on any atom is 0.253 e. The number of anilines is 2. The zero-order valence-corrected chi connectivity index (χ0v) is 12.5. The van der Waals surface area contributed by atoms with Gasteiger partial charge in [0.15, 0.2) is 0 Å². The molecule has 0 aliphatic rings. The average Bonchev–Trinajstić information content (AvgIpc) is 2.69. The number of thiophene rings is 1. The zero-order chi connectivity index (χ0) is 15.1. The first-order chi connectivity index (χ1) is 9.47. The molecule has 0 aromatic carbocycles. The lowest BCUT2D eigenvalue weighted by Crippen LogP contribution is -2.15. The number of nitrogens with zero attached hydrogens (tertiary/aromatic N) is 1. The molecule has 0 saturated carbocycles. The molecule has 7 heteroatoms. The fourth-order valence-corrected chi connectivity index (χ4v) is 2.54. The summed E-state index contributed by atoms with van der Waals surface area (Å²) in [7, 11) is 0. The molecule has 6 nitrogen and oxygen atoms in total. The number of hydrogen-bond donors (Lipinski definition) is 3. The van der Waals surface area contributed by atoms with Crippen LogP contribution in [0.25, 0.3) is 0 Å². The van der Waals surface area contributed by atoms with Crippen molar-refractivity contribution >= 4 is 27.9 Å². The van der Waals surface area contributed by atoms with Crippen molar-refractivity contribution in [3.05, 3.63) is 10.4 Å². The summed E-state index contributed by atoms with van der Waals surface area (Å²) in [5, 5.41) is 12.5. The predicted octanol–water partition coefficient (Wildman–Crippen LogP) is 1.78. The third-order valence-corrected chi connectivity index (χ3v) is 3.56. The Labute approximate surface area is 122 Å². The molecule has 0 unspecified atom stereocenters. The number of hydrogen-bond acceptors (Lipinski definition) is 6. The van der Waals surface area contributed by atoms with Gasteiger partial charge < -0.3 is 21.5 Å². The van der Waals surface area contributed by atoms with Crippen molar-refractivity contribution in [2.45, 2.75) is 20.3 Å². The molecule has 0 bridgehead atoms. The summed E-state index contributed by atoms with van der Waals surface area (Å²) in [4.78, 5) is 11.7. The molecule has 5 N–H and O–H groups in total. The summed E-state index contributed by atoms with van der Waals surface area (Å²) >= 11 is 1.14. The molecule has 1 heterocycles. The Morgan fingerprint density at radius 1 is 1.55 bits per heavy atom. The smallest absolute Gasteiger partial charge is 0.253 e. The van der Waals surface area contributed by atoms with Gasteiger partial charge in [-0.3, -0.25) is 4.79 Å². The van der Waals surface area contributed by atoms with Gasteiger partial charge in [-0.2, -0.15) is 5.26 Å². The minimum Gasteiger partial charge on any atom is -0.396 e. The van der Waals surface area contributed by atoms with Gasteiger partial charge in [0.25, 0.3) is 5.91 Å². The summed E-state index contributed by atoms with van der Waals surface area (Å²) in [5.41, 5.74) is 11.4. The minimum atomic E-state index is -0.626. The molecular formula is C13H20N4O2S. The fraction of sp³-hybridized carbons (Fsp3) is 0.538. The maximum absolute atomic E-state index is 11.4. The normalized spacial score (nSPS) is 10.5. The minimum absolute atomic E-state index is 0.156. The van der Waals surface area contributed by atoms with Gasteiger partial charge in [-0.1, -0.05) is 13.8 Å². The standard InChI is InChI=1S/C13H20N4O2S/c1-8(2)7-19-5-3-4-17-13-10(12(16)18)11(15)9(6-14)20-13/h8,17H,3-5,7,15H2,1-2H3,(H2,16,18). The van der Waals surface area contributed by atoms with E-state index in [0.717, 1.165) is 24.4 Å². The number of ether oxygens (including phenoxy) is 1. The maximum atomic E-state index is 11.4. The van der Waals surface area contributed by atoms with Crippen molar-refractivity contribution in [1.82, 2.24) is 0 Å². The van der Waals surface area contributed by atoms with E-state index in [1.54, 1.807) is 0 Å². The molecule has 1 amide bonds. The number of nitrogens with one attached hydrogen (secondary N) is 1. The average molecular weight is 296 g/mol. The van der Waals surface area contributed by atoms with E-state index in [1.165, 1.54) is 0 Å². The second-order valence-corrected chi connectivity index (χ2v) is 5.79. The molecule has 0 atom stereocenters. The number of nitrogen functional groups attached to an aromatic ring is 1. The third kappa shape index (κ3) is 4.40. The van der Waals surface area contributed by atoms with E-state index in [1.807, 2.05) is 6.07 Å². The number of carbonyl (C=O) groups is 1. The highest BCUT2D eigenvalue weighted by atomic mass is 32.1. The summed E-state index contributed by atoms with van der Waals surface area (Å²) < 4.78 is 5.46. The van der Waals surface area contributed by atoms with Gasteiger partial charge in [-0.25, -0.2) is 0 Å². The van der Waals surface area contributed by atoms with Crippen molar-refractivity contribution in [2.24, 2.45) is 11.7 Å². The molecular weight excluding hydrogens is 276 g/mol. The molecule has 1 rings (SSSR count). The van der Waals surface area contributed by atoms with E-state index >= 15 is 0 Å². The van der Waals surface area contributed by atoms with E-state index in [-0.39, 0.29) is 11.3 Å². The molecule has 0 aliphatic heterocycles. The van der Waals surface area contributed by atoms with Gasteiger partial charge in [-0.05, 0) is 12.3 Å². The van der Waals surface area contributed by atoms with E-state index in [2.05, 4.69) is 19.2 Å². The van der Waals surface area contributed by atoms with Crippen LogP contribution in [0, 0.1) is 17.2 Å². The van der Waals surface area contributed by atoms with Gasteiger partial charge in [0.2, 0.25) is 0 Å². The highest BCUT2D eigenvalue weighted by Gasteiger charge is 2.19. The van der Waals surface area contributed by atoms with Gasteiger partial charge in [0, 0.05) is 19.8 Å². The lowest BCUT2D eigenvalue weighted by Gasteiger charge is -2.08. The van der Waals surface area contributed by atoms with Crippen LogP contribution in [-0.2, 0) is 4.74 Å². The first kappa shape index (κ1) is 16.3. The van der Waals surface area contributed by atoms with Crippen molar-refractivity contribution < 1.29 is 9.53 Å². The molecule has 0 saturated heterocycles. The van der Waals surface area contributed by atoms with Gasteiger partial charge in [0.1, 0.15) is 15.9 Å². The Hall–Kier alpha value is -1.78. The highest BCUT2D eigenvalue weighted by molar-refractivity contribution is 7.17. The van der Waals surface area contributed by atoms with Gasteiger partial charge in [0.05, 0.1) is 11.3 Å². The molecule has 1 aromatic heterocycles. The SMILES string of the molecule is CC(C)COCCCNc1sc(C#N)c(N)c1C(N)=O. The summed E-state index contributed by atoms with van der Waals surface area (Å²) in [6, 6.07) is 1.96. The highest BCUT2D eigenvalue weighted by Crippen LogP contribution is 2.34. The summed E-state index contributed by atoms with van der Waals surface area (Å²) in [6.07, 6.45) is 0.796. The van der Waals surface area contributed by atoms with Crippen LogP contribution in [0.1, 0.15) is 35.5 Å². The van der Waals surface area contributed by atoms with E-state index in [4.69, 9.17) is 21.5 Å². The first-order valence-corrected chi connectivity index (χ1v) is 7.22.